The summed E-state index contributed by atoms with van der Waals surface area (Å²) >= 11 is 1.05. The lowest BCUT2D eigenvalue weighted by Gasteiger charge is -2.31. The molecule has 2 saturated heterocycles. The quantitative estimate of drug-likeness (QED) is 0.604. The summed E-state index contributed by atoms with van der Waals surface area (Å²) in [6.07, 6.45) is -1.41. The largest absolute Gasteiger partial charge is 0.480 e. The normalized spacial score (nSPS) is 25.2. The van der Waals surface area contributed by atoms with Crippen molar-refractivity contribution in [3.8, 4) is 0 Å². The van der Waals surface area contributed by atoms with Crippen LogP contribution in [0.3, 0.4) is 0 Å². The highest BCUT2D eigenvalue weighted by molar-refractivity contribution is 7.10. The predicted molar refractivity (Wildman–Crippen MR) is 66.3 cm³/mol. The second kappa shape index (κ2) is 4.29. The molecule has 0 bridgehead atoms. The molecular weight excluding hydrogens is 286 g/mol. The van der Waals surface area contributed by atoms with Gasteiger partial charge in [-0.3, -0.25) is 14.4 Å². The molecule has 8 heteroatoms. The molecule has 0 aromatic carbocycles. The number of aliphatic carboxylic acids is 2. The standard InChI is InChI=1S/C12H11NO6S/c14-8-4-9-13(8)5-6(19-9)12(10(15)16,11(17)18)7-2-1-3-20-7/h1-3,6,9H,4-5H2,(H,15,16)(H,17,18). The lowest BCUT2D eigenvalue weighted by atomic mass is 9.80. The molecule has 1 aromatic rings. The van der Waals surface area contributed by atoms with Crippen molar-refractivity contribution in [3.05, 3.63) is 22.4 Å². The minimum atomic E-state index is -2.17. The van der Waals surface area contributed by atoms with Crippen molar-refractivity contribution in [1.82, 2.24) is 4.90 Å². The molecule has 0 saturated carbocycles. The van der Waals surface area contributed by atoms with E-state index in [-0.39, 0.29) is 23.7 Å². The number of carboxylic acids is 2. The van der Waals surface area contributed by atoms with Crippen molar-refractivity contribution in [2.24, 2.45) is 0 Å². The van der Waals surface area contributed by atoms with Crippen LogP contribution in [0.1, 0.15) is 11.3 Å². The summed E-state index contributed by atoms with van der Waals surface area (Å²) in [5.41, 5.74) is -2.17. The Balaban J connectivity index is 2.04. The molecule has 20 heavy (non-hydrogen) atoms. The van der Waals surface area contributed by atoms with Crippen molar-refractivity contribution in [2.45, 2.75) is 24.2 Å². The van der Waals surface area contributed by atoms with Gasteiger partial charge < -0.3 is 19.8 Å². The number of β-lactam (4-membered cyclic amide) rings is 1. The second-order valence-corrected chi connectivity index (χ2v) is 5.67. The van der Waals surface area contributed by atoms with Gasteiger partial charge in [0, 0.05) is 4.88 Å². The molecule has 0 spiro atoms. The van der Waals surface area contributed by atoms with Crippen LogP contribution < -0.4 is 0 Å². The summed E-state index contributed by atoms with van der Waals surface area (Å²) in [5, 5.41) is 20.7. The SMILES string of the molecule is O=C1CC2OC(C(C(=O)O)(C(=O)O)c3cccs3)CN12. The summed E-state index contributed by atoms with van der Waals surface area (Å²) in [6, 6.07) is 3.06. The Labute approximate surface area is 117 Å². The molecule has 2 aliphatic rings. The van der Waals surface area contributed by atoms with Gasteiger partial charge in [-0.05, 0) is 11.4 Å². The average molecular weight is 297 g/mol. The molecule has 1 aromatic heterocycles. The number of fused-ring (bicyclic) bond motifs is 1. The maximum absolute atomic E-state index is 11.7. The first-order valence-corrected chi connectivity index (χ1v) is 6.81. The van der Waals surface area contributed by atoms with Crippen LogP contribution >= 0.6 is 11.3 Å². The van der Waals surface area contributed by atoms with Crippen molar-refractivity contribution < 1.29 is 29.3 Å². The molecular formula is C12H11NO6S. The number of amides is 1. The first-order chi connectivity index (χ1) is 9.47. The van der Waals surface area contributed by atoms with Crippen LogP contribution in [0.4, 0.5) is 0 Å². The molecule has 2 aliphatic heterocycles. The Kier molecular flexibility index (Phi) is 2.80. The van der Waals surface area contributed by atoms with E-state index in [4.69, 9.17) is 4.74 Å². The summed E-state index contributed by atoms with van der Waals surface area (Å²) < 4.78 is 5.49. The van der Waals surface area contributed by atoms with Crippen LogP contribution in [-0.2, 0) is 24.5 Å². The molecule has 106 valence electrons. The highest BCUT2D eigenvalue weighted by atomic mass is 32.1. The minimum absolute atomic E-state index is 0.0139. The van der Waals surface area contributed by atoms with Crippen molar-refractivity contribution >= 4 is 29.2 Å². The third-order valence-corrected chi connectivity index (χ3v) is 4.77. The molecule has 0 aliphatic carbocycles. The molecule has 1 amide bonds. The van der Waals surface area contributed by atoms with E-state index in [0.717, 1.165) is 11.3 Å². The zero-order valence-corrected chi connectivity index (χ0v) is 11.0. The Morgan fingerprint density at radius 3 is 2.55 bits per heavy atom. The fourth-order valence-corrected chi connectivity index (χ4v) is 3.61. The maximum atomic E-state index is 11.7. The smallest absolute Gasteiger partial charge is 0.329 e. The van der Waals surface area contributed by atoms with Gasteiger partial charge in [0.05, 0.1) is 13.0 Å². The maximum Gasteiger partial charge on any atom is 0.329 e. The van der Waals surface area contributed by atoms with Gasteiger partial charge in [-0.1, -0.05) is 6.07 Å². The molecule has 2 atom stereocenters. The van der Waals surface area contributed by atoms with E-state index >= 15 is 0 Å². The predicted octanol–water partition coefficient (Wildman–Crippen LogP) is 0.112. The van der Waals surface area contributed by atoms with Gasteiger partial charge in [-0.25, -0.2) is 0 Å². The van der Waals surface area contributed by atoms with Crippen molar-refractivity contribution in [2.75, 3.05) is 6.54 Å². The molecule has 0 radical (unpaired) electrons. The highest BCUT2D eigenvalue weighted by Gasteiger charge is 2.62. The van der Waals surface area contributed by atoms with E-state index in [0.29, 0.717) is 0 Å². The van der Waals surface area contributed by atoms with Gasteiger partial charge in [0.15, 0.2) is 0 Å². The number of carbonyl (C=O) groups is 3. The van der Waals surface area contributed by atoms with Gasteiger partial charge in [0.25, 0.3) is 0 Å². The van der Waals surface area contributed by atoms with Gasteiger partial charge >= 0.3 is 11.9 Å². The Hall–Kier alpha value is -1.93. The van der Waals surface area contributed by atoms with E-state index in [1.807, 2.05) is 0 Å². The molecule has 7 nitrogen and oxygen atoms in total. The molecule has 3 rings (SSSR count). The number of ether oxygens (including phenoxy) is 1. The molecule has 2 unspecified atom stereocenters. The average Bonchev–Trinajstić information content (AvgIpc) is 2.98. The second-order valence-electron chi connectivity index (χ2n) is 4.73. The van der Waals surface area contributed by atoms with E-state index in [1.54, 1.807) is 11.4 Å². The van der Waals surface area contributed by atoms with Crippen LogP contribution in [0, 0.1) is 0 Å². The number of thiophene rings is 1. The zero-order valence-electron chi connectivity index (χ0n) is 10.2. The fourth-order valence-electron chi connectivity index (χ4n) is 2.66. The number of rotatable bonds is 4. The van der Waals surface area contributed by atoms with Gasteiger partial charge in [-0.2, -0.15) is 0 Å². The Bertz CT molecular complexity index is 569. The number of nitrogens with zero attached hydrogens (tertiary/aromatic N) is 1. The van der Waals surface area contributed by atoms with Crippen LogP contribution in [0.5, 0.6) is 0 Å². The van der Waals surface area contributed by atoms with Gasteiger partial charge in [0.1, 0.15) is 12.3 Å². The Morgan fingerprint density at radius 1 is 1.40 bits per heavy atom. The monoisotopic (exact) mass is 297 g/mol. The lowest BCUT2D eigenvalue weighted by Crippen LogP contribution is -2.54. The third-order valence-electron chi connectivity index (χ3n) is 3.77. The molecule has 2 fully saturated rings. The summed E-state index contributed by atoms with van der Waals surface area (Å²) in [6.45, 7) is -0.0139. The van der Waals surface area contributed by atoms with Crippen LogP contribution in [0.2, 0.25) is 0 Å². The highest BCUT2D eigenvalue weighted by Crippen LogP contribution is 2.41. The first kappa shape index (κ1) is 13.1. The number of hydrogen-bond acceptors (Lipinski definition) is 5. The van der Waals surface area contributed by atoms with Crippen molar-refractivity contribution in [3.63, 3.8) is 0 Å². The number of hydrogen-bond donors (Lipinski definition) is 2. The lowest BCUT2D eigenvalue weighted by molar-refractivity contribution is -0.168. The fraction of sp³-hybridized carbons (Fsp3) is 0.417. The molecule has 2 N–H and O–H groups in total. The third kappa shape index (κ3) is 1.52. The topological polar surface area (TPSA) is 104 Å². The van der Waals surface area contributed by atoms with Crippen molar-refractivity contribution in [1.29, 1.82) is 0 Å². The van der Waals surface area contributed by atoms with E-state index < -0.39 is 29.7 Å². The van der Waals surface area contributed by atoms with E-state index in [2.05, 4.69) is 0 Å². The first-order valence-electron chi connectivity index (χ1n) is 5.93. The number of carbonyl (C=O) groups excluding carboxylic acids is 1. The minimum Gasteiger partial charge on any atom is -0.480 e. The Morgan fingerprint density at radius 2 is 2.10 bits per heavy atom. The summed E-state index contributed by atoms with van der Waals surface area (Å²) in [4.78, 5) is 36.3. The van der Waals surface area contributed by atoms with Gasteiger partial charge in [0.2, 0.25) is 11.3 Å². The van der Waals surface area contributed by atoms with Crippen LogP contribution in [0.15, 0.2) is 17.5 Å². The van der Waals surface area contributed by atoms with Crippen LogP contribution in [0.25, 0.3) is 0 Å². The van der Waals surface area contributed by atoms with E-state index in [1.165, 1.54) is 11.0 Å². The van der Waals surface area contributed by atoms with Gasteiger partial charge in [-0.15, -0.1) is 11.3 Å². The molecule has 3 heterocycles. The number of carboxylic acid groups (broad SMARTS) is 2. The van der Waals surface area contributed by atoms with Crippen LogP contribution in [-0.4, -0.2) is 51.8 Å². The summed E-state index contributed by atoms with van der Waals surface area (Å²) in [7, 11) is 0. The summed E-state index contributed by atoms with van der Waals surface area (Å²) in [5.74, 6) is -3.10. The van der Waals surface area contributed by atoms with E-state index in [9.17, 15) is 24.6 Å². The zero-order chi connectivity index (χ0) is 14.5.